The first-order chi connectivity index (χ1) is 19.2. The van der Waals surface area contributed by atoms with Gasteiger partial charge in [-0.15, -0.1) is 0 Å². The molecule has 3 aromatic heterocycles. The number of carbonyl (C=O) groups excluding carboxylic acids is 1. The number of anilines is 2. The Bertz CT molecular complexity index is 1640. The number of aromatic nitrogens is 5. The molecule has 0 saturated heterocycles. The zero-order valence-corrected chi connectivity index (χ0v) is 24.8. The number of carbonyl (C=O) groups is 1. The molecule has 1 aromatic carbocycles. The fraction of sp³-hybridized carbons (Fsp3) is 0.423. The van der Waals surface area contributed by atoms with Gasteiger partial charge in [0.2, 0.25) is 10.3 Å². The number of urea groups is 1. The number of hydrogen-bond acceptors (Lipinski definition) is 10. The first kappa shape index (κ1) is 27.0. The van der Waals surface area contributed by atoms with Gasteiger partial charge in [0.1, 0.15) is 12.1 Å². The number of thioether (sulfide) groups is 1. The van der Waals surface area contributed by atoms with Gasteiger partial charge in [0.05, 0.1) is 10.3 Å². The van der Waals surface area contributed by atoms with Crippen molar-refractivity contribution in [3.63, 3.8) is 0 Å². The number of nitrogens with zero attached hydrogens (tertiary/aromatic N) is 6. The fourth-order valence-corrected chi connectivity index (χ4v) is 8.49. The van der Waals surface area contributed by atoms with Crippen molar-refractivity contribution in [1.82, 2.24) is 28.6 Å². The molecule has 0 aliphatic heterocycles. The molecule has 2 unspecified atom stereocenters. The topological polar surface area (TPSA) is 135 Å². The average Bonchev–Trinajstić information content (AvgIpc) is 3.71. The first-order valence-corrected chi connectivity index (χ1v) is 16.5. The van der Waals surface area contributed by atoms with Gasteiger partial charge in [-0.25, -0.2) is 27.2 Å². The van der Waals surface area contributed by atoms with Gasteiger partial charge in [-0.05, 0) is 68.9 Å². The lowest BCUT2D eigenvalue weighted by atomic mass is 10.0. The van der Waals surface area contributed by atoms with E-state index >= 15 is 0 Å². The van der Waals surface area contributed by atoms with Gasteiger partial charge < -0.3 is 10.2 Å². The van der Waals surface area contributed by atoms with Gasteiger partial charge in [0.15, 0.2) is 5.65 Å². The average molecular weight is 599 g/mol. The highest BCUT2D eigenvalue weighted by Crippen LogP contribution is 2.46. The normalized spacial score (nSPS) is 22.4. The predicted molar refractivity (Wildman–Crippen MR) is 157 cm³/mol. The molecule has 2 fully saturated rings. The standard InChI is InChI=1S/C26H30N8O3S3/c1-15-4-6-20(7-5-15)40(36,37)34-9-8-21-22(27-14-28-23(21)34)33(2)19-12-16-10-18(11-17(16)13-19)29-24(35)30-25-31-26(38-3)32-39-25/h4-9,14,16-19H,10-13H2,1-3H3,(H2,29,30,31,32,35)/t16-,17+,18?,19?. The highest BCUT2D eigenvalue weighted by molar-refractivity contribution is 7.98. The lowest BCUT2D eigenvalue weighted by Crippen LogP contribution is -2.37. The van der Waals surface area contributed by atoms with E-state index < -0.39 is 10.0 Å². The van der Waals surface area contributed by atoms with Crippen LogP contribution in [0.25, 0.3) is 11.0 Å². The summed E-state index contributed by atoms with van der Waals surface area (Å²) in [4.78, 5) is 28.0. The predicted octanol–water partition coefficient (Wildman–Crippen LogP) is 4.37. The zero-order chi connectivity index (χ0) is 28.0. The minimum atomic E-state index is -3.79. The Labute approximate surface area is 241 Å². The smallest absolute Gasteiger partial charge is 0.321 e. The molecular weight excluding hydrogens is 569 g/mol. The minimum Gasteiger partial charge on any atom is -0.356 e. The Morgan fingerprint density at radius 2 is 1.82 bits per heavy atom. The van der Waals surface area contributed by atoms with E-state index in [0.29, 0.717) is 33.2 Å². The Kier molecular flexibility index (Phi) is 7.17. The van der Waals surface area contributed by atoms with E-state index in [0.717, 1.165) is 37.1 Å². The third-order valence-electron chi connectivity index (χ3n) is 8.02. The molecule has 210 valence electrons. The second kappa shape index (κ2) is 10.6. The summed E-state index contributed by atoms with van der Waals surface area (Å²) in [6.07, 6.45) is 8.72. The van der Waals surface area contributed by atoms with Crippen molar-refractivity contribution < 1.29 is 13.2 Å². The molecule has 14 heteroatoms. The highest BCUT2D eigenvalue weighted by Gasteiger charge is 2.43. The van der Waals surface area contributed by atoms with Crippen LogP contribution in [-0.2, 0) is 10.0 Å². The largest absolute Gasteiger partial charge is 0.356 e. The molecule has 2 aliphatic carbocycles. The van der Waals surface area contributed by atoms with Gasteiger partial charge >= 0.3 is 6.03 Å². The SMILES string of the molecule is CSc1nsc(NC(=O)NC2C[C@@H]3CC(N(C)c4ncnc5c4ccn5S(=O)(=O)c4ccc(C)cc4)C[C@@H]3C2)n1. The summed E-state index contributed by atoms with van der Waals surface area (Å²) in [6.45, 7) is 1.92. The third-order valence-corrected chi connectivity index (χ3v) is 11.0. The molecule has 11 nitrogen and oxygen atoms in total. The molecule has 3 heterocycles. The van der Waals surface area contributed by atoms with E-state index in [1.807, 2.05) is 20.2 Å². The molecule has 2 aliphatic rings. The molecule has 0 bridgehead atoms. The molecule has 2 saturated carbocycles. The monoisotopic (exact) mass is 598 g/mol. The van der Waals surface area contributed by atoms with E-state index in [-0.39, 0.29) is 23.0 Å². The van der Waals surface area contributed by atoms with Gasteiger partial charge in [-0.1, -0.05) is 29.5 Å². The van der Waals surface area contributed by atoms with Crippen LogP contribution in [-0.4, -0.2) is 63.1 Å². The summed E-state index contributed by atoms with van der Waals surface area (Å²) in [5.41, 5.74) is 1.36. The number of fused-ring (bicyclic) bond motifs is 2. The summed E-state index contributed by atoms with van der Waals surface area (Å²) < 4.78 is 32.1. The Balaban J connectivity index is 1.12. The fourth-order valence-electron chi connectivity index (χ4n) is 6.07. The van der Waals surface area contributed by atoms with E-state index in [4.69, 9.17) is 0 Å². The van der Waals surface area contributed by atoms with Crippen LogP contribution in [0, 0.1) is 18.8 Å². The van der Waals surface area contributed by atoms with Gasteiger partial charge in [-0.3, -0.25) is 5.32 Å². The van der Waals surface area contributed by atoms with Crippen molar-refractivity contribution in [2.75, 3.05) is 23.5 Å². The minimum absolute atomic E-state index is 0.126. The molecule has 2 amide bonds. The molecule has 40 heavy (non-hydrogen) atoms. The molecule has 0 radical (unpaired) electrons. The van der Waals surface area contributed by atoms with Crippen molar-refractivity contribution in [2.24, 2.45) is 11.8 Å². The van der Waals surface area contributed by atoms with Crippen LogP contribution in [0.5, 0.6) is 0 Å². The second-order valence-corrected chi connectivity index (χ2v) is 13.8. The van der Waals surface area contributed by atoms with Crippen LogP contribution < -0.4 is 15.5 Å². The van der Waals surface area contributed by atoms with Gasteiger partial charge in [0.25, 0.3) is 10.0 Å². The molecule has 4 atom stereocenters. The zero-order valence-electron chi connectivity index (χ0n) is 22.3. The molecule has 0 spiro atoms. The number of rotatable bonds is 7. The number of aryl methyl sites for hydroxylation is 1. The lowest BCUT2D eigenvalue weighted by Gasteiger charge is -2.27. The van der Waals surface area contributed by atoms with E-state index in [1.54, 1.807) is 36.5 Å². The molecule has 2 N–H and O–H groups in total. The number of benzene rings is 1. The lowest BCUT2D eigenvalue weighted by molar-refractivity contribution is 0.248. The maximum atomic E-state index is 13.4. The van der Waals surface area contributed by atoms with Crippen LogP contribution in [0.4, 0.5) is 15.7 Å². The Hall–Kier alpha value is -3.23. The van der Waals surface area contributed by atoms with Crippen molar-refractivity contribution in [3.8, 4) is 0 Å². The van der Waals surface area contributed by atoms with Crippen LogP contribution in [0.3, 0.4) is 0 Å². The van der Waals surface area contributed by atoms with Crippen LogP contribution in [0.2, 0.25) is 0 Å². The summed E-state index contributed by atoms with van der Waals surface area (Å²) in [7, 11) is -1.77. The van der Waals surface area contributed by atoms with Crippen molar-refractivity contribution >= 4 is 61.3 Å². The van der Waals surface area contributed by atoms with E-state index in [1.165, 1.54) is 33.6 Å². The maximum absolute atomic E-state index is 13.4. The van der Waals surface area contributed by atoms with Crippen molar-refractivity contribution in [1.29, 1.82) is 0 Å². The first-order valence-electron chi connectivity index (χ1n) is 13.0. The quantitative estimate of drug-likeness (QED) is 0.297. The maximum Gasteiger partial charge on any atom is 0.321 e. The third kappa shape index (κ3) is 5.03. The van der Waals surface area contributed by atoms with E-state index in [2.05, 4.69) is 34.9 Å². The highest BCUT2D eigenvalue weighted by atomic mass is 32.2. The van der Waals surface area contributed by atoms with Crippen molar-refractivity contribution in [3.05, 3.63) is 48.4 Å². The number of nitrogens with one attached hydrogen (secondary N) is 2. The Morgan fingerprint density at radius 1 is 1.10 bits per heavy atom. The number of hydrogen-bond donors (Lipinski definition) is 2. The van der Waals surface area contributed by atoms with Gasteiger partial charge in [-0.2, -0.15) is 9.36 Å². The van der Waals surface area contributed by atoms with Crippen LogP contribution >= 0.6 is 23.3 Å². The molecule has 4 aromatic rings. The summed E-state index contributed by atoms with van der Waals surface area (Å²) in [5.74, 6) is 1.74. The summed E-state index contributed by atoms with van der Waals surface area (Å²) in [5, 5.41) is 7.75. The second-order valence-electron chi connectivity index (χ2n) is 10.5. The number of amides is 2. The van der Waals surface area contributed by atoms with Crippen molar-refractivity contribution in [2.45, 2.75) is 54.7 Å². The molecule has 6 rings (SSSR count). The Morgan fingerprint density at radius 3 is 2.50 bits per heavy atom. The van der Waals surface area contributed by atoms with Crippen LogP contribution in [0.1, 0.15) is 31.2 Å². The van der Waals surface area contributed by atoms with Gasteiger partial charge in [0, 0.05) is 36.9 Å². The molecular formula is C26H30N8O3S3. The van der Waals surface area contributed by atoms with Crippen LogP contribution in [0.15, 0.2) is 52.9 Å². The summed E-state index contributed by atoms with van der Waals surface area (Å²) >= 11 is 2.62. The summed E-state index contributed by atoms with van der Waals surface area (Å²) in [6, 6.07) is 8.74. The van der Waals surface area contributed by atoms with E-state index in [9.17, 15) is 13.2 Å².